The molecular weight excluding hydrogens is 254 g/mol. The Morgan fingerprint density at radius 3 is 2.65 bits per heavy atom. The van der Waals surface area contributed by atoms with E-state index in [1.165, 1.54) is 7.11 Å². The lowest BCUT2D eigenvalue weighted by Gasteiger charge is -2.05. The van der Waals surface area contributed by atoms with Crippen molar-refractivity contribution in [2.24, 2.45) is 0 Å². The lowest BCUT2D eigenvalue weighted by Crippen LogP contribution is -2.11. The van der Waals surface area contributed by atoms with Gasteiger partial charge in [0, 0.05) is 27.4 Å². The van der Waals surface area contributed by atoms with Crippen LogP contribution in [0.25, 0.3) is 21.8 Å². The SMILES string of the molecule is COC(=O)Cn1c2ccccc2c2cc(C=O)ccc21. The highest BCUT2D eigenvalue weighted by Crippen LogP contribution is 2.29. The van der Waals surface area contributed by atoms with E-state index in [0.29, 0.717) is 5.56 Å². The van der Waals surface area contributed by atoms with E-state index in [9.17, 15) is 9.59 Å². The smallest absolute Gasteiger partial charge is 0.325 e. The molecule has 0 aliphatic rings. The second-order valence-electron chi connectivity index (χ2n) is 4.57. The van der Waals surface area contributed by atoms with Crippen LogP contribution in [-0.4, -0.2) is 23.9 Å². The predicted molar refractivity (Wildman–Crippen MR) is 76.8 cm³/mol. The molecule has 0 unspecified atom stereocenters. The maximum atomic E-state index is 11.6. The molecule has 0 bridgehead atoms. The monoisotopic (exact) mass is 267 g/mol. The maximum absolute atomic E-state index is 11.6. The molecule has 100 valence electrons. The molecule has 2 aromatic carbocycles. The van der Waals surface area contributed by atoms with E-state index in [1.807, 2.05) is 41.0 Å². The number of fused-ring (bicyclic) bond motifs is 3. The number of rotatable bonds is 3. The van der Waals surface area contributed by atoms with Crippen LogP contribution in [0.1, 0.15) is 10.4 Å². The minimum atomic E-state index is -0.299. The first kappa shape index (κ1) is 12.4. The van der Waals surface area contributed by atoms with Gasteiger partial charge in [-0.3, -0.25) is 9.59 Å². The van der Waals surface area contributed by atoms with Gasteiger partial charge in [0.1, 0.15) is 12.8 Å². The van der Waals surface area contributed by atoms with Crippen LogP contribution in [0.3, 0.4) is 0 Å². The highest BCUT2D eigenvalue weighted by molar-refractivity contribution is 6.09. The average molecular weight is 267 g/mol. The van der Waals surface area contributed by atoms with Crippen molar-refractivity contribution in [2.45, 2.75) is 6.54 Å². The van der Waals surface area contributed by atoms with E-state index >= 15 is 0 Å². The number of para-hydroxylation sites is 1. The van der Waals surface area contributed by atoms with Gasteiger partial charge in [-0.1, -0.05) is 18.2 Å². The fourth-order valence-corrected chi connectivity index (χ4v) is 2.51. The third-order valence-electron chi connectivity index (χ3n) is 3.45. The van der Waals surface area contributed by atoms with Crippen LogP contribution in [0.2, 0.25) is 0 Å². The Morgan fingerprint density at radius 2 is 1.90 bits per heavy atom. The van der Waals surface area contributed by atoms with Gasteiger partial charge in [-0.05, 0) is 24.3 Å². The second kappa shape index (κ2) is 4.81. The number of hydrogen-bond acceptors (Lipinski definition) is 3. The van der Waals surface area contributed by atoms with Crippen molar-refractivity contribution in [3.63, 3.8) is 0 Å². The number of aldehydes is 1. The lowest BCUT2D eigenvalue weighted by molar-refractivity contribution is -0.141. The minimum Gasteiger partial charge on any atom is -0.468 e. The molecule has 0 amide bonds. The topological polar surface area (TPSA) is 48.3 Å². The summed E-state index contributed by atoms with van der Waals surface area (Å²) in [5, 5.41) is 1.99. The van der Waals surface area contributed by atoms with E-state index in [0.717, 1.165) is 28.1 Å². The molecule has 1 aromatic heterocycles. The first-order valence-electron chi connectivity index (χ1n) is 6.27. The normalized spacial score (nSPS) is 10.8. The third kappa shape index (κ3) is 1.86. The Bertz CT molecular complexity index is 817. The van der Waals surface area contributed by atoms with Gasteiger partial charge in [0.15, 0.2) is 0 Å². The number of benzene rings is 2. The summed E-state index contributed by atoms with van der Waals surface area (Å²) in [6.07, 6.45) is 0.825. The minimum absolute atomic E-state index is 0.154. The van der Waals surface area contributed by atoms with Crippen molar-refractivity contribution in [2.75, 3.05) is 7.11 Å². The van der Waals surface area contributed by atoms with Gasteiger partial charge in [0.2, 0.25) is 0 Å². The van der Waals surface area contributed by atoms with Crippen LogP contribution in [-0.2, 0) is 16.1 Å². The summed E-state index contributed by atoms with van der Waals surface area (Å²) in [4.78, 5) is 22.5. The van der Waals surface area contributed by atoms with Crippen LogP contribution in [0, 0.1) is 0 Å². The molecule has 0 aliphatic heterocycles. The fraction of sp³-hybridized carbons (Fsp3) is 0.125. The molecule has 0 atom stereocenters. The third-order valence-corrected chi connectivity index (χ3v) is 3.45. The van der Waals surface area contributed by atoms with Crippen LogP contribution < -0.4 is 0 Å². The van der Waals surface area contributed by atoms with Crippen molar-refractivity contribution < 1.29 is 14.3 Å². The van der Waals surface area contributed by atoms with E-state index < -0.39 is 0 Å². The molecule has 4 nitrogen and oxygen atoms in total. The van der Waals surface area contributed by atoms with Crippen molar-refractivity contribution >= 4 is 34.1 Å². The van der Waals surface area contributed by atoms with Gasteiger partial charge >= 0.3 is 5.97 Å². The number of nitrogens with zero attached hydrogens (tertiary/aromatic N) is 1. The molecule has 0 fully saturated rings. The number of esters is 1. The highest BCUT2D eigenvalue weighted by atomic mass is 16.5. The van der Waals surface area contributed by atoms with Gasteiger partial charge in [0.25, 0.3) is 0 Å². The number of carbonyl (C=O) groups is 2. The van der Waals surface area contributed by atoms with Gasteiger partial charge in [-0.25, -0.2) is 0 Å². The van der Waals surface area contributed by atoms with E-state index in [-0.39, 0.29) is 12.5 Å². The average Bonchev–Trinajstić information content (AvgIpc) is 2.81. The molecule has 20 heavy (non-hydrogen) atoms. The van der Waals surface area contributed by atoms with Gasteiger partial charge in [-0.15, -0.1) is 0 Å². The number of hydrogen-bond donors (Lipinski definition) is 0. The number of aromatic nitrogens is 1. The molecule has 0 N–H and O–H groups in total. The van der Waals surface area contributed by atoms with E-state index in [1.54, 1.807) is 6.07 Å². The summed E-state index contributed by atoms with van der Waals surface area (Å²) in [7, 11) is 1.38. The van der Waals surface area contributed by atoms with Crippen molar-refractivity contribution in [3.05, 3.63) is 48.0 Å². The Labute approximate surface area is 115 Å². The summed E-state index contributed by atoms with van der Waals surface area (Å²) < 4.78 is 6.66. The zero-order valence-electron chi connectivity index (χ0n) is 11.0. The van der Waals surface area contributed by atoms with Gasteiger partial charge < -0.3 is 9.30 Å². The van der Waals surface area contributed by atoms with E-state index in [4.69, 9.17) is 4.74 Å². The summed E-state index contributed by atoms with van der Waals surface area (Å²) in [6.45, 7) is 0.154. The predicted octanol–water partition coefficient (Wildman–Crippen LogP) is 2.78. The van der Waals surface area contributed by atoms with Crippen LogP contribution >= 0.6 is 0 Å². The van der Waals surface area contributed by atoms with Crippen molar-refractivity contribution in [1.29, 1.82) is 0 Å². The quantitative estimate of drug-likeness (QED) is 0.541. The molecule has 3 rings (SSSR count). The van der Waals surface area contributed by atoms with Crippen LogP contribution in [0.15, 0.2) is 42.5 Å². The van der Waals surface area contributed by atoms with E-state index in [2.05, 4.69) is 0 Å². The molecule has 4 heteroatoms. The largest absolute Gasteiger partial charge is 0.468 e. The molecule has 3 aromatic rings. The molecule has 0 spiro atoms. The summed E-state index contributed by atoms with van der Waals surface area (Å²) in [5.74, 6) is -0.299. The molecule has 0 radical (unpaired) electrons. The summed E-state index contributed by atoms with van der Waals surface area (Å²) in [6, 6.07) is 13.3. The number of ether oxygens (including phenoxy) is 1. The zero-order chi connectivity index (χ0) is 14.1. The Kier molecular flexibility index (Phi) is 2.99. The molecular formula is C16H13NO3. The highest BCUT2D eigenvalue weighted by Gasteiger charge is 2.13. The van der Waals surface area contributed by atoms with Crippen molar-refractivity contribution in [3.8, 4) is 0 Å². The Hall–Kier alpha value is -2.62. The maximum Gasteiger partial charge on any atom is 0.325 e. The van der Waals surface area contributed by atoms with Crippen molar-refractivity contribution in [1.82, 2.24) is 4.57 Å². The first-order chi connectivity index (χ1) is 9.74. The fourth-order valence-electron chi connectivity index (χ4n) is 2.51. The second-order valence-corrected chi connectivity index (χ2v) is 4.57. The zero-order valence-corrected chi connectivity index (χ0v) is 11.0. The van der Waals surface area contributed by atoms with Gasteiger partial charge in [0.05, 0.1) is 7.11 Å². The molecule has 0 saturated heterocycles. The Morgan fingerprint density at radius 1 is 1.15 bits per heavy atom. The number of carbonyl (C=O) groups excluding carboxylic acids is 2. The first-order valence-corrected chi connectivity index (χ1v) is 6.27. The lowest BCUT2D eigenvalue weighted by atomic mass is 10.1. The number of methoxy groups -OCH3 is 1. The van der Waals surface area contributed by atoms with Crippen LogP contribution in [0.5, 0.6) is 0 Å². The molecule has 0 saturated carbocycles. The molecule has 0 aliphatic carbocycles. The Balaban J connectivity index is 2.35. The summed E-state index contributed by atoms with van der Waals surface area (Å²) >= 11 is 0. The van der Waals surface area contributed by atoms with Crippen LogP contribution in [0.4, 0.5) is 0 Å². The standard InChI is InChI=1S/C16H13NO3/c1-20-16(19)9-17-14-5-3-2-4-12(14)13-8-11(10-18)6-7-15(13)17/h2-8,10H,9H2,1H3. The van der Waals surface area contributed by atoms with Gasteiger partial charge in [-0.2, -0.15) is 0 Å². The summed E-state index contributed by atoms with van der Waals surface area (Å²) in [5.41, 5.74) is 2.50. The molecule has 1 heterocycles.